The number of aliphatic hydroxyl groups excluding tert-OH is 1. The zero-order valence-electron chi connectivity index (χ0n) is 13.4. The lowest BCUT2D eigenvalue weighted by Gasteiger charge is -2.28. The van der Waals surface area contributed by atoms with Crippen molar-refractivity contribution in [2.75, 3.05) is 13.7 Å². The van der Waals surface area contributed by atoms with Crippen LogP contribution in [0.5, 0.6) is 0 Å². The molecule has 1 N–H and O–H groups in total. The molecule has 0 heterocycles. The number of hydrogen-bond donors (Lipinski definition) is 1. The van der Waals surface area contributed by atoms with E-state index in [1.165, 1.54) is 6.92 Å². The number of rotatable bonds is 6. The monoisotopic (exact) mass is 311 g/mol. The van der Waals surface area contributed by atoms with Crippen LogP contribution in [0.1, 0.15) is 45.7 Å². The highest BCUT2D eigenvalue weighted by Crippen LogP contribution is 2.24. The Labute approximate surface area is 136 Å². The van der Waals surface area contributed by atoms with Crippen LogP contribution in [-0.4, -0.2) is 35.4 Å². The molecular formula is C19H21NO3. The van der Waals surface area contributed by atoms with E-state index in [0.29, 0.717) is 17.5 Å². The average molecular weight is 311 g/mol. The van der Waals surface area contributed by atoms with Gasteiger partial charge in [-0.05, 0) is 31.0 Å². The molecule has 0 spiro atoms. The maximum Gasteiger partial charge on any atom is 0.254 e. The van der Waals surface area contributed by atoms with E-state index < -0.39 is 0 Å². The Hall–Kier alpha value is -2.46. The first-order chi connectivity index (χ1) is 11.0. The van der Waals surface area contributed by atoms with Gasteiger partial charge in [-0.1, -0.05) is 42.5 Å². The summed E-state index contributed by atoms with van der Waals surface area (Å²) in [5.41, 5.74) is 2.09. The number of aliphatic hydroxyl groups is 1. The Bertz CT molecular complexity index is 665. The van der Waals surface area contributed by atoms with Gasteiger partial charge in [-0.2, -0.15) is 0 Å². The van der Waals surface area contributed by atoms with Crippen molar-refractivity contribution in [1.82, 2.24) is 4.90 Å². The number of benzene rings is 2. The van der Waals surface area contributed by atoms with E-state index in [-0.39, 0.29) is 24.3 Å². The van der Waals surface area contributed by atoms with Crippen LogP contribution in [0, 0.1) is 0 Å². The van der Waals surface area contributed by atoms with Crippen molar-refractivity contribution in [3.8, 4) is 0 Å². The number of carbonyl (C=O) groups excluding carboxylic acids is 2. The van der Waals surface area contributed by atoms with Gasteiger partial charge in [0.05, 0.1) is 6.04 Å². The van der Waals surface area contributed by atoms with Crippen LogP contribution in [-0.2, 0) is 0 Å². The third kappa shape index (κ3) is 4.05. The molecule has 1 amide bonds. The van der Waals surface area contributed by atoms with Crippen LogP contribution in [0.3, 0.4) is 0 Å². The molecule has 0 fully saturated rings. The number of Topliss-reactive ketones (excluding diaryl/α,β-unsaturated/α-hetero) is 1. The van der Waals surface area contributed by atoms with E-state index in [1.54, 1.807) is 36.2 Å². The fourth-order valence-corrected chi connectivity index (χ4v) is 2.57. The summed E-state index contributed by atoms with van der Waals surface area (Å²) >= 11 is 0. The predicted octanol–water partition coefficient (Wildman–Crippen LogP) is 3.08. The van der Waals surface area contributed by atoms with Gasteiger partial charge >= 0.3 is 0 Å². The van der Waals surface area contributed by atoms with Gasteiger partial charge in [0, 0.05) is 24.8 Å². The fraction of sp³-hybridized carbons (Fsp3) is 0.263. The summed E-state index contributed by atoms with van der Waals surface area (Å²) in [6.45, 7) is 1.50. The number of ketones is 1. The first-order valence-electron chi connectivity index (χ1n) is 7.58. The normalized spacial score (nSPS) is 11.8. The lowest BCUT2D eigenvalue weighted by atomic mass is 10.0. The van der Waals surface area contributed by atoms with Crippen LogP contribution in [0.2, 0.25) is 0 Å². The van der Waals surface area contributed by atoms with Crippen molar-refractivity contribution >= 4 is 11.7 Å². The zero-order valence-corrected chi connectivity index (χ0v) is 13.4. The molecule has 1 atom stereocenters. The minimum Gasteiger partial charge on any atom is -0.396 e. The van der Waals surface area contributed by atoms with Crippen LogP contribution in [0.25, 0.3) is 0 Å². The first kappa shape index (κ1) is 16.9. The summed E-state index contributed by atoms with van der Waals surface area (Å²) in [7, 11) is 1.73. The third-order valence-corrected chi connectivity index (χ3v) is 3.91. The molecule has 0 aliphatic rings. The first-order valence-corrected chi connectivity index (χ1v) is 7.58. The number of hydrogen-bond acceptors (Lipinski definition) is 3. The van der Waals surface area contributed by atoms with Gasteiger partial charge in [0.15, 0.2) is 5.78 Å². The highest BCUT2D eigenvalue weighted by molar-refractivity contribution is 5.97. The maximum atomic E-state index is 12.7. The van der Waals surface area contributed by atoms with E-state index in [9.17, 15) is 14.7 Å². The summed E-state index contributed by atoms with van der Waals surface area (Å²) in [5.74, 6) is -0.165. The van der Waals surface area contributed by atoms with Crippen LogP contribution < -0.4 is 0 Å². The molecule has 0 aliphatic heterocycles. The topological polar surface area (TPSA) is 57.6 Å². The lowest BCUT2D eigenvalue weighted by Crippen LogP contribution is -2.31. The van der Waals surface area contributed by atoms with E-state index >= 15 is 0 Å². The molecule has 4 heteroatoms. The SMILES string of the molecule is CC(=O)c1ccc(C(=O)N(C)C(CCO)c2ccccc2)cc1. The molecular weight excluding hydrogens is 290 g/mol. The predicted molar refractivity (Wildman–Crippen MR) is 89.4 cm³/mol. The van der Waals surface area contributed by atoms with Gasteiger partial charge < -0.3 is 10.0 Å². The van der Waals surface area contributed by atoms with Crippen LogP contribution in [0.4, 0.5) is 0 Å². The highest BCUT2D eigenvalue weighted by atomic mass is 16.3. The fourth-order valence-electron chi connectivity index (χ4n) is 2.57. The van der Waals surface area contributed by atoms with Crippen molar-refractivity contribution < 1.29 is 14.7 Å². The summed E-state index contributed by atoms with van der Waals surface area (Å²) in [4.78, 5) is 25.6. The number of amides is 1. The van der Waals surface area contributed by atoms with Gasteiger partial charge in [-0.25, -0.2) is 0 Å². The molecule has 0 saturated carbocycles. The molecule has 0 radical (unpaired) electrons. The van der Waals surface area contributed by atoms with Crippen molar-refractivity contribution in [3.05, 3.63) is 71.3 Å². The summed E-state index contributed by atoms with van der Waals surface area (Å²) < 4.78 is 0. The number of nitrogens with zero attached hydrogens (tertiary/aromatic N) is 1. The maximum absolute atomic E-state index is 12.7. The average Bonchev–Trinajstić information content (AvgIpc) is 2.59. The van der Waals surface area contributed by atoms with Crippen molar-refractivity contribution in [2.24, 2.45) is 0 Å². The molecule has 2 rings (SSSR count). The van der Waals surface area contributed by atoms with Crippen LogP contribution >= 0.6 is 0 Å². The summed E-state index contributed by atoms with van der Waals surface area (Å²) in [6, 6.07) is 16.1. The minimum atomic E-state index is -0.193. The van der Waals surface area contributed by atoms with E-state index in [2.05, 4.69) is 0 Å². The Balaban J connectivity index is 2.23. The highest BCUT2D eigenvalue weighted by Gasteiger charge is 2.22. The van der Waals surface area contributed by atoms with E-state index in [1.807, 2.05) is 30.3 Å². The third-order valence-electron chi connectivity index (χ3n) is 3.91. The zero-order chi connectivity index (χ0) is 16.8. The van der Waals surface area contributed by atoms with Crippen molar-refractivity contribution in [1.29, 1.82) is 0 Å². The molecule has 0 aromatic heterocycles. The second-order valence-corrected chi connectivity index (χ2v) is 5.49. The van der Waals surface area contributed by atoms with Crippen molar-refractivity contribution in [2.45, 2.75) is 19.4 Å². The molecule has 0 saturated heterocycles. The number of carbonyl (C=O) groups is 2. The molecule has 4 nitrogen and oxygen atoms in total. The molecule has 23 heavy (non-hydrogen) atoms. The van der Waals surface area contributed by atoms with Gasteiger partial charge in [-0.3, -0.25) is 9.59 Å². The van der Waals surface area contributed by atoms with Gasteiger partial charge in [0.25, 0.3) is 5.91 Å². The Kier molecular flexibility index (Phi) is 5.66. The van der Waals surface area contributed by atoms with Gasteiger partial charge in [0.1, 0.15) is 0 Å². The smallest absolute Gasteiger partial charge is 0.254 e. The summed E-state index contributed by atoms with van der Waals surface area (Å²) in [6.07, 6.45) is 0.470. The second-order valence-electron chi connectivity index (χ2n) is 5.49. The molecule has 1 unspecified atom stereocenters. The molecule has 0 aliphatic carbocycles. The van der Waals surface area contributed by atoms with Gasteiger partial charge in [0.2, 0.25) is 0 Å². The van der Waals surface area contributed by atoms with E-state index in [0.717, 1.165) is 5.56 Å². The molecule has 2 aromatic rings. The van der Waals surface area contributed by atoms with E-state index in [4.69, 9.17) is 0 Å². The standard InChI is InChI=1S/C19H21NO3/c1-14(22)15-8-10-17(11-9-15)19(23)20(2)18(12-13-21)16-6-4-3-5-7-16/h3-11,18,21H,12-13H2,1-2H3. The molecule has 120 valence electrons. The molecule has 0 bridgehead atoms. The largest absolute Gasteiger partial charge is 0.396 e. The Morgan fingerprint density at radius 3 is 2.09 bits per heavy atom. The lowest BCUT2D eigenvalue weighted by molar-refractivity contribution is 0.0704. The Morgan fingerprint density at radius 2 is 1.57 bits per heavy atom. The summed E-state index contributed by atoms with van der Waals surface area (Å²) in [5, 5.41) is 9.32. The van der Waals surface area contributed by atoms with Crippen molar-refractivity contribution in [3.63, 3.8) is 0 Å². The second kappa shape index (κ2) is 7.70. The molecule has 2 aromatic carbocycles. The van der Waals surface area contributed by atoms with Gasteiger partial charge in [-0.15, -0.1) is 0 Å². The Morgan fingerprint density at radius 1 is 1.00 bits per heavy atom. The van der Waals surface area contributed by atoms with Crippen LogP contribution in [0.15, 0.2) is 54.6 Å². The minimum absolute atomic E-state index is 0.000452. The quantitative estimate of drug-likeness (QED) is 0.834.